The average Bonchev–Trinajstić information content (AvgIpc) is 1.93. The van der Waals surface area contributed by atoms with Crippen LogP contribution in [0.3, 0.4) is 0 Å². The molecule has 1 aliphatic heterocycles. The van der Waals surface area contributed by atoms with Crippen molar-refractivity contribution in [3.63, 3.8) is 0 Å². The van der Waals surface area contributed by atoms with Gasteiger partial charge in [0, 0.05) is 12.3 Å². The Kier molecular flexibility index (Phi) is 1.48. The van der Waals surface area contributed by atoms with Gasteiger partial charge < -0.3 is 4.84 Å². The zero-order valence-electron chi connectivity index (χ0n) is 4.59. The normalized spacial score (nSPS) is 18.2. The van der Waals surface area contributed by atoms with E-state index in [0.717, 1.165) is 0 Å². The van der Waals surface area contributed by atoms with Gasteiger partial charge in [0.2, 0.25) is 0 Å². The molecular formula is C5H5NO3. The summed E-state index contributed by atoms with van der Waals surface area (Å²) in [6.45, 7) is 0. The maximum Gasteiger partial charge on any atom is 0.339 e. The van der Waals surface area contributed by atoms with Crippen LogP contribution in [0.5, 0.6) is 0 Å². The molecule has 0 radical (unpaired) electrons. The number of allylic oxidation sites excluding steroid dienone is 1. The lowest BCUT2D eigenvalue weighted by Gasteiger charge is -1.94. The second kappa shape index (κ2) is 2.30. The van der Waals surface area contributed by atoms with Crippen LogP contribution < -0.4 is 5.48 Å². The van der Waals surface area contributed by atoms with Gasteiger partial charge in [-0.15, -0.1) is 0 Å². The molecule has 0 spiro atoms. The summed E-state index contributed by atoms with van der Waals surface area (Å²) in [6.07, 6.45) is 2.36. The first-order valence-corrected chi connectivity index (χ1v) is 2.43. The molecule has 9 heavy (non-hydrogen) atoms. The van der Waals surface area contributed by atoms with Crippen molar-refractivity contribution in [1.82, 2.24) is 5.48 Å². The first kappa shape index (κ1) is 5.81. The summed E-state index contributed by atoms with van der Waals surface area (Å²) in [5.74, 6) is -0.796. The Morgan fingerprint density at radius 1 is 1.56 bits per heavy atom. The van der Waals surface area contributed by atoms with Crippen LogP contribution in [0.15, 0.2) is 12.3 Å². The van der Waals surface area contributed by atoms with Gasteiger partial charge in [-0.05, 0) is 0 Å². The number of hydrogen-bond donors (Lipinski definition) is 1. The second-order valence-electron chi connectivity index (χ2n) is 1.57. The molecule has 0 saturated heterocycles. The van der Waals surface area contributed by atoms with Gasteiger partial charge in [-0.1, -0.05) is 0 Å². The number of rotatable bonds is 0. The van der Waals surface area contributed by atoms with Crippen molar-refractivity contribution in [2.24, 2.45) is 0 Å². The van der Waals surface area contributed by atoms with Crippen LogP contribution in [0.1, 0.15) is 6.42 Å². The summed E-state index contributed by atoms with van der Waals surface area (Å²) in [5.41, 5.74) is 2.18. The van der Waals surface area contributed by atoms with Crippen LogP contribution in [0, 0.1) is 0 Å². The summed E-state index contributed by atoms with van der Waals surface area (Å²) >= 11 is 0. The Morgan fingerprint density at radius 2 is 2.33 bits per heavy atom. The highest BCUT2D eigenvalue weighted by molar-refractivity contribution is 6.02. The third-order valence-corrected chi connectivity index (χ3v) is 0.829. The van der Waals surface area contributed by atoms with E-state index in [1.54, 1.807) is 0 Å². The van der Waals surface area contributed by atoms with Crippen LogP contribution in [0.25, 0.3) is 0 Å². The fourth-order valence-electron chi connectivity index (χ4n) is 0.464. The maximum absolute atomic E-state index is 10.5. The van der Waals surface area contributed by atoms with E-state index in [1.807, 2.05) is 0 Å². The number of carbonyl (C=O) groups is 2. The molecular weight excluding hydrogens is 122 g/mol. The van der Waals surface area contributed by atoms with E-state index < -0.39 is 5.97 Å². The minimum atomic E-state index is -0.551. The smallest absolute Gasteiger partial charge is 0.339 e. The quantitative estimate of drug-likeness (QED) is 0.446. The molecule has 1 aliphatic rings. The Morgan fingerprint density at radius 3 is 3.11 bits per heavy atom. The number of hydroxylamine groups is 1. The zero-order chi connectivity index (χ0) is 6.69. The predicted molar refractivity (Wildman–Crippen MR) is 28.0 cm³/mol. The van der Waals surface area contributed by atoms with Gasteiger partial charge in [0.1, 0.15) is 6.42 Å². The van der Waals surface area contributed by atoms with E-state index in [9.17, 15) is 9.59 Å². The molecule has 4 heteroatoms. The topological polar surface area (TPSA) is 55.4 Å². The van der Waals surface area contributed by atoms with Crippen molar-refractivity contribution >= 4 is 11.8 Å². The fourth-order valence-corrected chi connectivity index (χ4v) is 0.464. The summed E-state index contributed by atoms with van der Waals surface area (Å²) in [5, 5.41) is 0. The first-order chi connectivity index (χ1) is 4.29. The summed E-state index contributed by atoms with van der Waals surface area (Å²) < 4.78 is 0. The molecule has 1 rings (SSSR count). The molecule has 0 aliphatic carbocycles. The van der Waals surface area contributed by atoms with Gasteiger partial charge in [0.25, 0.3) is 0 Å². The van der Waals surface area contributed by atoms with E-state index in [2.05, 4.69) is 10.3 Å². The molecule has 0 unspecified atom stereocenters. The molecule has 0 fully saturated rings. The van der Waals surface area contributed by atoms with Crippen molar-refractivity contribution in [3.8, 4) is 0 Å². The molecule has 0 atom stereocenters. The van der Waals surface area contributed by atoms with E-state index in [-0.39, 0.29) is 12.2 Å². The highest BCUT2D eigenvalue weighted by Crippen LogP contribution is 1.91. The van der Waals surface area contributed by atoms with Crippen molar-refractivity contribution in [1.29, 1.82) is 0 Å². The number of hydrogen-bond acceptors (Lipinski definition) is 4. The van der Waals surface area contributed by atoms with Crippen LogP contribution in [0.2, 0.25) is 0 Å². The molecule has 4 nitrogen and oxygen atoms in total. The lowest BCUT2D eigenvalue weighted by atomic mass is 10.3. The van der Waals surface area contributed by atoms with Crippen LogP contribution in [-0.4, -0.2) is 11.8 Å². The van der Waals surface area contributed by atoms with Gasteiger partial charge in [0.05, 0.1) is 0 Å². The molecule has 48 valence electrons. The summed E-state index contributed by atoms with van der Waals surface area (Å²) in [6, 6.07) is 0. The minimum absolute atomic E-state index is 0.177. The predicted octanol–water partition coefficient (Wildman–Crippen LogP) is -0.479. The third kappa shape index (κ3) is 1.56. The van der Waals surface area contributed by atoms with Crippen LogP contribution >= 0.6 is 0 Å². The van der Waals surface area contributed by atoms with Gasteiger partial charge in [0.15, 0.2) is 5.78 Å². The fraction of sp³-hybridized carbons (Fsp3) is 0.200. The molecule has 0 aromatic rings. The molecule has 1 N–H and O–H groups in total. The molecule has 0 aromatic heterocycles. The molecule has 0 bridgehead atoms. The van der Waals surface area contributed by atoms with Gasteiger partial charge in [-0.25, -0.2) is 10.3 Å². The van der Waals surface area contributed by atoms with Crippen molar-refractivity contribution in [2.75, 3.05) is 0 Å². The number of carbonyl (C=O) groups excluding carboxylic acids is 2. The largest absolute Gasteiger partial charge is 0.344 e. The van der Waals surface area contributed by atoms with E-state index in [1.165, 1.54) is 12.3 Å². The average molecular weight is 127 g/mol. The number of ketones is 1. The van der Waals surface area contributed by atoms with Gasteiger partial charge in [-0.2, -0.15) is 0 Å². The molecule has 0 amide bonds. The Hall–Kier alpha value is -1.32. The Balaban J connectivity index is 2.61. The first-order valence-electron chi connectivity index (χ1n) is 2.43. The lowest BCUT2D eigenvalue weighted by molar-refractivity contribution is -0.149. The highest BCUT2D eigenvalue weighted by atomic mass is 16.7. The Labute approximate surface area is 51.4 Å². The van der Waals surface area contributed by atoms with E-state index in [4.69, 9.17) is 0 Å². The zero-order valence-corrected chi connectivity index (χ0v) is 4.59. The number of nitrogens with one attached hydrogen (secondary N) is 1. The highest BCUT2D eigenvalue weighted by Gasteiger charge is 2.09. The van der Waals surface area contributed by atoms with Gasteiger partial charge in [-0.3, -0.25) is 4.79 Å². The Bertz CT molecular complexity index is 173. The lowest BCUT2D eigenvalue weighted by Crippen LogP contribution is -2.12. The van der Waals surface area contributed by atoms with Crippen molar-refractivity contribution in [2.45, 2.75) is 6.42 Å². The maximum atomic E-state index is 10.5. The molecule has 1 heterocycles. The van der Waals surface area contributed by atoms with Crippen molar-refractivity contribution < 1.29 is 14.4 Å². The summed E-state index contributed by atoms with van der Waals surface area (Å²) in [7, 11) is 0. The molecule has 0 aromatic carbocycles. The van der Waals surface area contributed by atoms with Gasteiger partial charge >= 0.3 is 5.97 Å². The standard InChI is InChI=1S/C5H5NO3/c7-4-1-2-6-9-5(8)3-4/h1-2,6H,3H2. The van der Waals surface area contributed by atoms with E-state index >= 15 is 0 Å². The van der Waals surface area contributed by atoms with Crippen LogP contribution in [-0.2, 0) is 14.4 Å². The third-order valence-electron chi connectivity index (χ3n) is 0.829. The SMILES string of the molecule is O=C1C=CNOC(=O)C1. The summed E-state index contributed by atoms with van der Waals surface area (Å²) in [4.78, 5) is 25.1. The van der Waals surface area contributed by atoms with E-state index in [0.29, 0.717) is 0 Å². The van der Waals surface area contributed by atoms with Crippen LogP contribution in [0.4, 0.5) is 0 Å². The second-order valence-corrected chi connectivity index (χ2v) is 1.57. The molecule has 0 saturated carbocycles. The monoisotopic (exact) mass is 127 g/mol. The van der Waals surface area contributed by atoms with Crippen molar-refractivity contribution in [3.05, 3.63) is 12.3 Å². The minimum Gasteiger partial charge on any atom is -0.344 e.